The molecule has 3 aromatic rings. The molecule has 0 bridgehead atoms. The van der Waals surface area contributed by atoms with Crippen molar-refractivity contribution in [3.05, 3.63) is 70.6 Å². The molecule has 4 rings (SSSR count). The van der Waals surface area contributed by atoms with E-state index < -0.39 is 0 Å². The van der Waals surface area contributed by atoms with Gasteiger partial charge in [0.05, 0.1) is 11.4 Å². The average Bonchev–Trinajstić information content (AvgIpc) is 3.17. The van der Waals surface area contributed by atoms with Crippen molar-refractivity contribution >= 4 is 17.5 Å². The third kappa shape index (κ3) is 2.61. The molecule has 2 aromatic heterocycles. The first kappa shape index (κ1) is 15.8. The van der Waals surface area contributed by atoms with E-state index in [9.17, 15) is 4.79 Å². The molecule has 0 saturated heterocycles. The molecule has 1 aliphatic heterocycles. The predicted molar refractivity (Wildman–Crippen MR) is 96.4 cm³/mol. The number of nitrogens with zero attached hydrogens (tertiary/aromatic N) is 3. The standard InChI is InChI=1S/C19H17ClN4O/c1-2-11-24-18(14-5-3-4-10-21-14)15-16(22-23-17(15)19(24)25)12-6-8-13(20)9-7-12/h3-10,18H,2,11H2,1H3,(H,22,23)/t18-/m0/s1. The maximum absolute atomic E-state index is 12.9. The second kappa shape index (κ2) is 6.33. The number of amides is 1. The molecule has 6 heteroatoms. The van der Waals surface area contributed by atoms with Gasteiger partial charge in [0.15, 0.2) is 0 Å². The van der Waals surface area contributed by atoms with E-state index in [0.717, 1.165) is 28.9 Å². The van der Waals surface area contributed by atoms with Crippen LogP contribution in [0.1, 0.15) is 41.1 Å². The van der Waals surface area contributed by atoms with Crippen LogP contribution in [0.2, 0.25) is 5.02 Å². The zero-order chi connectivity index (χ0) is 17.4. The zero-order valence-corrected chi connectivity index (χ0v) is 14.5. The van der Waals surface area contributed by atoms with Crippen LogP contribution in [0.5, 0.6) is 0 Å². The Hall–Kier alpha value is -2.66. The number of carbonyl (C=O) groups excluding carboxylic acids is 1. The molecule has 25 heavy (non-hydrogen) atoms. The topological polar surface area (TPSA) is 61.9 Å². The monoisotopic (exact) mass is 352 g/mol. The van der Waals surface area contributed by atoms with E-state index in [4.69, 9.17) is 11.6 Å². The molecule has 0 radical (unpaired) electrons. The Balaban J connectivity index is 1.88. The van der Waals surface area contributed by atoms with Gasteiger partial charge in [-0.3, -0.25) is 14.9 Å². The summed E-state index contributed by atoms with van der Waals surface area (Å²) in [4.78, 5) is 19.2. The van der Waals surface area contributed by atoms with Crippen molar-refractivity contribution in [3.8, 4) is 11.3 Å². The van der Waals surface area contributed by atoms with Gasteiger partial charge in [-0.2, -0.15) is 5.10 Å². The number of fused-ring (bicyclic) bond motifs is 1. The van der Waals surface area contributed by atoms with Gasteiger partial charge in [-0.15, -0.1) is 0 Å². The number of H-pyrrole nitrogens is 1. The van der Waals surface area contributed by atoms with E-state index in [1.165, 1.54) is 0 Å². The van der Waals surface area contributed by atoms with Crippen molar-refractivity contribution < 1.29 is 4.79 Å². The van der Waals surface area contributed by atoms with Crippen LogP contribution in [0.3, 0.4) is 0 Å². The number of benzene rings is 1. The molecule has 1 aliphatic rings. The average molecular weight is 353 g/mol. The number of rotatable bonds is 4. The van der Waals surface area contributed by atoms with Crippen LogP contribution in [0.25, 0.3) is 11.3 Å². The SMILES string of the molecule is CCCN1C(=O)c2[nH]nc(-c3ccc(Cl)cc3)c2[C@@H]1c1ccccn1. The summed E-state index contributed by atoms with van der Waals surface area (Å²) in [7, 11) is 0. The number of aromatic nitrogens is 3. The first-order valence-electron chi connectivity index (χ1n) is 8.26. The molecule has 126 valence electrons. The van der Waals surface area contributed by atoms with Crippen molar-refractivity contribution in [1.29, 1.82) is 0 Å². The number of hydrogen-bond donors (Lipinski definition) is 1. The molecule has 0 saturated carbocycles. The van der Waals surface area contributed by atoms with Gasteiger partial charge in [-0.05, 0) is 30.7 Å². The first-order chi connectivity index (χ1) is 12.2. The highest BCUT2D eigenvalue weighted by Crippen LogP contribution is 2.42. The maximum atomic E-state index is 12.9. The van der Waals surface area contributed by atoms with Crippen LogP contribution in [0.15, 0.2) is 48.7 Å². The van der Waals surface area contributed by atoms with Gasteiger partial charge in [0.1, 0.15) is 11.7 Å². The summed E-state index contributed by atoms with van der Waals surface area (Å²) in [6.45, 7) is 2.73. The van der Waals surface area contributed by atoms with E-state index in [-0.39, 0.29) is 11.9 Å². The summed E-state index contributed by atoms with van der Waals surface area (Å²) in [5.74, 6) is -0.0276. The molecule has 0 fully saturated rings. The van der Waals surface area contributed by atoms with E-state index in [0.29, 0.717) is 17.3 Å². The van der Waals surface area contributed by atoms with Crippen LogP contribution in [0, 0.1) is 0 Å². The lowest BCUT2D eigenvalue weighted by atomic mass is 9.99. The van der Waals surface area contributed by atoms with E-state index in [2.05, 4.69) is 22.1 Å². The third-order valence-corrected chi connectivity index (χ3v) is 4.67. The highest BCUT2D eigenvalue weighted by molar-refractivity contribution is 6.30. The number of hydrogen-bond acceptors (Lipinski definition) is 3. The van der Waals surface area contributed by atoms with Crippen LogP contribution in [-0.2, 0) is 0 Å². The Morgan fingerprint density at radius 1 is 1.20 bits per heavy atom. The number of aromatic amines is 1. The van der Waals surface area contributed by atoms with Crippen LogP contribution >= 0.6 is 11.6 Å². The Morgan fingerprint density at radius 3 is 2.68 bits per heavy atom. The summed E-state index contributed by atoms with van der Waals surface area (Å²) < 4.78 is 0. The van der Waals surface area contributed by atoms with Crippen molar-refractivity contribution in [2.24, 2.45) is 0 Å². The van der Waals surface area contributed by atoms with Gasteiger partial charge in [0, 0.05) is 28.9 Å². The highest BCUT2D eigenvalue weighted by atomic mass is 35.5. The normalized spacial score (nSPS) is 16.3. The number of halogens is 1. The predicted octanol–water partition coefficient (Wildman–Crippen LogP) is 4.08. The minimum Gasteiger partial charge on any atom is -0.324 e. The molecule has 0 unspecified atom stereocenters. The summed E-state index contributed by atoms with van der Waals surface area (Å²) >= 11 is 6.00. The molecule has 1 aromatic carbocycles. The molecule has 5 nitrogen and oxygen atoms in total. The van der Waals surface area contributed by atoms with Gasteiger partial charge in [-0.1, -0.05) is 36.7 Å². The number of carbonyl (C=O) groups is 1. The smallest absolute Gasteiger partial charge is 0.273 e. The van der Waals surface area contributed by atoms with Gasteiger partial charge < -0.3 is 4.90 Å². The van der Waals surface area contributed by atoms with E-state index in [1.807, 2.05) is 47.4 Å². The van der Waals surface area contributed by atoms with Gasteiger partial charge in [-0.25, -0.2) is 0 Å². The van der Waals surface area contributed by atoms with Crippen molar-refractivity contribution in [2.75, 3.05) is 6.54 Å². The summed E-state index contributed by atoms with van der Waals surface area (Å²) in [6.07, 6.45) is 2.63. The van der Waals surface area contributed by atoms with Crippen LogP contribution in [-0.4, -0.2) is 32.5 Å². The second-order valence-electron chi connectivity index (χ2n) is 6.02. The summed E-state index contributed by atoms with van der Waals surface area (Å²) in [5.41, 5.74) is 3.98. The summed E-state index contributed by atoms with van der Waals surface area (Å²) in [6, 6.07) is 13.0. The highest BCUT2D eigenvalue weighted by Gasteiger charge is 2.42. The molecule has 1 N–H and O–H groups in total. The van der Waals surface area contributed by atoms with Crippen molar-refractivity contribution in [1.82, 2.24) is 20.1 Å². The fourth-order valence-corrected chi connectivity index (χ4v) is 3.47. The molecule has 0 spiro atoms. The maximum Gasteiger partial charge on any atom is 0.273 e. The molecular weight excluding hydrogens is 336 g/mol. The number of pyridine rings is 1. The molecule has 3 heterocycles. The molecule has 0 aliphatic carbocycles. The van der Waals surface area contributed by atoms with Crippen molar-refractivity contribution in [2.45, 2.75) is 19.4 Å². The summed E-state index contributed by atoms with van der Waals surface area (Å²) in [5, 5.41) is 8.02. The quantitative estimate of drug-likeness (QED) is 0.769. The minimum atomic E-state index is -0.229. The second-order valence-corrected chi connectivity index (χ2v) is 6.46. The zero-order valence-electron chi connectivity index (χ0n) is 13.7. The van der Waals surface area contributed by atoms with E-state index >= 15 is 0 Å². The van der Waals surface area contributed by atoms with Crippen LogP contribution < -0.4 is 0 Å². The minimum absolute atomic E-state index is 0.0276. The Labute approximate surface area is 150 Å². The fraction of sp³-hybridized carbons (Fsp3) is 0.211. The fourth-order valence-electron chi connectivity index (χ4n) is 3.34. The molecule has 1 atom stereocenters. The largest absolute Gasteiger partial charge is 0.324 e. The van der Waals surface area contributed by atoms with Gasteiger partial charge in [0.2, 0.25) is 0 Å². The Kier molecular flexibility index (Phi) is 4.01. The van der Waals surface area contributed by atoms with Crippen LogP contribution in [0.4, 0.5) is 0 Å². The Bertz CT molecular complexity index is 905. The lowest BCUT2D eigenvalue weighted by Gasteiger charge is -2.25. The number of nitrogens with one attached hydrogen (secondary N) is 1. The lowest BCUT2D eigenvalue weighted by molar-refractivity contribution is 0.0741. The molecule has 1 amide bonds. The lowest BCUT2D eigenvalue weighted by Crippen LogP contribution is -2.30. The van der Waals surface area contributed by atoms with Gasteiger partial charge >= 0.3 is 0 Å². The van der Waals surface area contributed by atoms with Crippen molar-refractivity contribution in [3.63, 3.8) is 0 Å². The van der Waals surface area contributed by atoms with E-state index in [1.54, 1.807) is 6.20 Å². The molecular formula is C19H17ClN4O. The first-order valence-corrected chi connectivity index (χ1v) is 8.64. The van der Waals surface area contributed by atoms with Gasteiger partial charge in [0.25, 0.3) is 5.91 Å². The third-order valence-electron chi connectivity index (χ3n) is 4.41. The Morgan fingerprint density at radius 2 is 2.00 bits per heavy atom.